The summed E-state index contributed by atoms with van der Waals surface area (Å²) in [5, 5.41) is 5.03. The van der Waals surface area contributed by atoms with Gasteiger partial charge in [-0.3, -0.25) is 9.59 Å². The lowest BCUT2D eigenvalue weighted by Crippen LogP contribution is -2.38. The number of benzene rings is 1. The quantitative estimate of drug-likeness (QED) is 0.895. The highest BCUT2D eigenvalue weighted by Crippen LogP contribution is 2.43. The number of hydrogen-bond donors (Lipinski definition) is 1. The van der Waals surface area contributed by atoms with E-state index in [0.717, 1.165) is 29.7 Å². The van der Waals surface area contributed by atoms with E-state index >= 15 is 0 Å². The van der Waals surface area contributed by atoms with Crippen LogP contribution in [0.4, 0.5) is 0 Å². The standard InChI is InChI=1S/C21H21NO2S/c1-2-13-5-7-14(8-6-13)16-12-20(24)22-17-10-15(11-18(23)21(16)17)19-4-3-9-25-19/h3-9,15-16H,2,10-12H2,1H3,(H,22,24). The molecule has 0 radical (unpaired) electrons. The number of carbonyl (C=O) groups is 2. The minimum Gasteiger partial charge on any atom is -0.329 e. The van der Waals surface area contributed by atoms with E-state index in [9.17, 15) is 9.59 Å². The molecular weight excluding hydrogens is 330 g/mol. The van der Waals surface area contributed by atoms with Gasteiger partial charge in [0.25, 0.3) is 0 Å². The predicted octanol–water partition coefficient (Wildman–Crippen LogP) is 4.31. The lowest BCUT2D eigenvalue weighted by molar-refractivity contribution is -0.122. The molecular formula is C21H21NO2S. The lowest BCUT2D eigenvalue weighted by atomic mass is 9.74. The monoisotopic (exact) mass is 351 g/mol. The van der Waals surface area contributed by atoms with E-state index in [0.29, 0.717) is 12.8 Å². The molecule has 4 heteroatoms. The highest BCUT2D eigenvalue weighted by atomic mass is 32.1. The molecule has 2 heterocycles. The first kappa shape index (κ1) is 16.3. The van der Waals surface area contributed by atoms with Gasteiger partial charge < -0.3 is 5.32 Å². The number of ketones is 1. The van der Waals surface area contributed by atoms with Crippen molar-refractivity contribution in [3.05, 3.63) is 69.1 Å². The van der Waals surface area contributed by atoms with Gasteiger partial charge in [-0.15, -0.1) is 11.3 Å². The molecule has 2 aromatic rings. The van der Waals surface area contributed by atoms with Gasteiger partial charge in [0.05, 0.1) is 0 Å². The van der Waals surface area contributed by atoms with Gasteiger partial charge in [-0.05, 0) is 35.4 Å². The molecule has 1 aliphatic carbocycles. The Balaban J connectivity index is 1.70. The summed E-state index contributed by atoms with van der Waals surface area (Å²) in [6.07, 6.45) is 2.64. The highest BCUT2D eigenvalue weighted by Gasteiger charge is 2.38. The molecule has 2 unspecified atom stereocenters. The molecule has 0 saturated carbocycles. The number of Topliss-reactive ketones (excluding diaryl/α,β-unsaturated/α-hetero) is 1. The first-order chi connectivity index (χ1) is 12.2. The second-order valence-electron chi connectivity index (χ2n) is 6.84. The summed E-state index contributed by atoms with van der Waals surface area (Å²) in [6, 6.07) is 12.5. The van der Waals surface area contributed by atoms with E-state index in [1.807, 2.05) is 11.4 Å². The van der Waals surface area contributed by atoms with Crippen LogP contribution in [-0.2, 0) is 16.0 Å². The summed E-state index contributed by atoms with van der Waals surface area (Å²) in [5.74, 6) is 0.284. The van der Waals surface area contributed by atoms with Gasteiger partial charge in [0.15, 0.2) is 5.78 Å². The highest BCUT2D eigenvalue weighted by molar-refractivity contribution is 7.10. The van der Waals surface area contributed by atoms with Crippen molar-refractivity contribution in [2.45, 2.75) is 44.4 Å². The topological polar surface area (TPSA) is 46.2 Å². The normalized spacial score (nSPS) is 23.4. The third-order valence-corrected chi connectivity index (χ3v) is 6.31. The third-order valence-electron chi connectivity index (χ3n) is 5.27. The van der Waals surface area contributed by atoms with Crippen LogP contribution in [0, 0.1) is 0 Å². The molecule has 1 amide bonds. The van der Waals surface area contributed by atoms with Crippen LogP contribution in [0.25, 0.3) is 0 Å². The van der Waals surface area contributed by atoms with Crippen molar-refractivity contribution in [1.82, 2.24) is 5.32 Å². The second kappa shape index (κ2) is 6.60. The van der Waals surface area contributed by atoms with Gasteiger partial charge in [0.1, 0.15) is 0 Å². The summed E-state index contributed by atoms with van der Waals surface area (Å²) >= 11 is 1.69. The van der Waals surface area contributed by atoms with Crippen LogP contribution in [0.1, 0.15) is 54.0 Å². The number of aryl methyl sites for hydroxylation is 1. The largest absolute Gasteiger partial charge is 0.329 e. The molecule has 0 spiro atoms. The zero-order valence-corrected chi connectivity index (χ0v) is 15.1. The number of rotatable bonds is 3. The minimum absolute atomic E-state index is 0.0166. The van der Waals surface area contributed by atoms with Gasteiger partial charge in [0.2, 0.25) is 5.91 Å². The minimum atomic E-state index is -0.105. The first-order valence-corrected chi connectivity index (χ1v) is 9.72. The number of amides is 1. The van der Waals surface area contributed by atoms with Crippen molar-refractivity contribution in [3.8, 4) is 0 Å². The molecule has 0 saturated heterocycles. The average Bonchev–Trinajstić information content (AvgIpc) is 3.15. The van der Waals surface area contributed by atoms with Crippen molar-refractivity contribution in [3.63, 3.8) is 0 Å². The van der Waals surface area contributed by atoms with Crippen molar-refractivity contribution >= 4 is 23.0 Å². The van der Waals surface area contributed by atoms with Crippen LogP contribution in [0.5, 0.6) is 0 Å². The van der Waals surface area contributed by atoms with E-state index in [4.69, 9.17) is 0 Å². The summed E-state index contributed by atoms with van der Waals surface area (Å²) in [4.78, 5) is 26.4. The summed E-state index contributed by atoms with van der Waals surface area (Å²) in [7, 11) is 0. The average molecular weight is 351 g/mol. The molecule has 1 aromatic carbocycles. The van der Waals surface area contributed by atoms with Gasteiger partial charge in [0, 0.05) is 40.8 Å². The smallest absolute Gasteiger partial charge is 0.225 e. The zero-order chi connectivity index (χ0) is 17.4. The van der Waals surface area contributed by atoms with Crippen LogP contribution in [0.3, 0.4) is 0 Å². The van der Waals surface area contributed by atoms with Gasteiger partial charge >= 0.3 is 0 Å². The van der Waals surface area contributed by atoms with Crippen molar-refractivity contribution in [2.24, 2.45) is 0 Å². The first-order valence-electron chi connectivity index (χ1n) is 8.84. The maximum Gasteiger partial charge on any atom is 0.225 e. The van der Waals surface area contributed by atoms with E-state index in [2.05, 4.69) is 42.6 Å². The van der Waals surface area contributed by atoms with Crippen molar-refractivity contribution in [1.29, 1.82) is 0 Å². The molecule has 3 nitrogen and oxygen atoms in total. The fourth-order valence-electron chi connectivity index (χ4n) is 3.96. The Hall–Kier alpha value is -2.20. The van der Waals surface area contributed by atoms with Crippen LogP contribution in [-0.4, -0.2) is 11.7 Å². The summed E-state index contributed by atoms with van der Waals surface area (Å²) in [6.45, 7) is 2.12. The number of hydrogen-bond acceptors (Lipinski definition) is 3. The Labute approximate surface area is 151 Å². The Kier molecular flexibility index (Phi) is 4.30. The molecule has 1 aliphatic heterocycles. The Morgan fingerprint density at radius 2 is 1.88 bits per heavy atom. The number of carbonyl (C=O) groups excluding carboxylic acids is 2. The molecule has 1 aromatic heterocycles. The van der Waals surface area contributed by atoms with E-state index in [-0.39, 0.29) is 23.5 Å². The zero-order valence-electron chi connectivity index (χ0n) is 14.2. The maximum atomic E-state index is 12.9. The molecule has 0 fully saturated rings. The number of thiophene rings is 1. The van der Waals surface area contributed by atoms with Gasteiger partial charge in [-0.1, -0.05) is 37.3 Å². The van der Waals surface area contributed by atoms with E-state index in [1.54, 1.807) is 11.3 Å². The molecule has 0 bridgehead atoms. The second-order valence-corrected chi connectivity index (χ2v) is 7.82. The molecule has 2 atom stereocenters. The lowest BCUT2D eigenvalue weighted by Gasteiger charge is -2.34. The number of allylic oxidation sites excluding steroid dienone is 2. The predicted molar refractivity (Wildman–Crippen MR) is 99.6 cm³/mol. The molecule has 128 valence electrons. The Morgan fingerprint density at radius 3 is 2.56 bits per heavy atom. The van der Waals surface area contributed by atoms with Crippen LogP contribution in [0.2, 0.25) is 0 Å². The number of nitrogens with one attached hydrogen (secondary N) is 1. The van der Waals surface area contributed by atoms with Crippen LogP contribution < -0.4 is 5.32 Å². The summed E-state index contributed by atoms with van der Waals surface area (Å²) in [5.41, 5.74) is 4.01. The fourth-order valence-corrected chi connectivity index (χ4v) is 4.79. The van der Waals surface area contributed by atoms with Gasteiger partial charge in [-0.25, -0.2) is 0 Å². The van der Waals surface area contributed by atoms with Crippen LogP contribution >= 0.6 is 11.3 Å². The molecule has 2 aliphatic rings. The van der Waals surface area contributed by atoms with Crippen molar-refractivity contribution in [2.75, 3.05) is 0 Å². The molecule has 4 rings (SSSR count). The Morgan fingerprint density at radius 1 is 1.08 bits per heavy atom. The third kappa shape index (κ3) is 3.07. The van der Waals surface area contributed by atoms with E-state index in [1.165, 1.54) is 10.4 Å². The summed E-state index contributed by atoms with van der Waals surface area (Å²) < 4.78 is 0. The molecule has 25 heavy (non-hydrogen) atoms. The molecule has 1 N–H and O–H groups in total. The maximum absolute atomic E-state index is 12.9. The van der Waals surface area contributed by atoms with Crippen molar-refractivity contribution < 1.29 is 9.59 Å². The van der Waals surface area contributed by atoms with E-state index < -0.39 is 0 Å². The van der Waals surface area contributed by atoms with Crippen LogP contribution in [0.15, 0.2) is 53.0 Å². The fraction of sp³-hybridized carbons (Fsp3) is 0.333. The van der Waals surface area contributed by atoms with Gasteiger partial charge in [-0.2, -0.15) is 0 Å². The Bertz CT molecular complexity index is 833. The SMILES string of the molecule is CCc1ccc(C2CC(=O)NC3=C2C(=O)CC(c2cccs2)C3)cc1.